The standard InChI is InChI=1S/C9H7N.C8H6S.C7H8.C3H8.C2H6/c1-2-6-9-8(4-1)5-3-7-10-9;1-2-4-8-7(3-1)5-6-9-8;1-7-5-3-2-4-6-7;1-3-2;1-2/h1-7H;1-6H;2-6H,1H3;3H2,1-2H3;1-2H3. The Labute approximate surface area is 192 Å². The molecule has 0 aliphatic rings. The molecule has 31 heavy (non-hydrogen) atoms. The highest BCUT2D eigenvalue weighted by atomic mass is 32.1. The molecule has 0 spiro atoms. The number of aryl methyl sites for hydroxylation is 1. The average Bonchev–Trinajstić information content (AvgIpc) is 3.31. The van der Waals surface area contributed by atoms with Crippen LogP contribution < -0.4 is 0 Å². The molecule has 0 amide bonds. The molecule has 5 aromatic rings. The lowest BCUT2D eigenvalue weighted by Gasteiger charge is -1.91. The third-order valence-corrected chi connectivity index (χ3v) is 4.71. The second kappa shape index (κ2) is 16.8. The number of aromatic nitrogens is 1. The van der Waals surface area contributed by atoms with Crippen molar-refractivity contribution in [1.82, 2.24) is 4.98 Å². The van der Waals surface area contributed by atoms with Crippen molar-refractivity contribution in [1.29, 1.82) is 0 Å². The van der Waals surface area contributed by atoms with Gasteiger partial charge in [0.1, 0.15) is 0 Å². The summed E-state index contributed by atoms with van der Waals surface area (Å²) >= 11 is 1.79. The Balaban J connectivity index is 0.000000213. The molecule has 0 saturated carbocycles. The van der Waals surface area contributed by atoms with Crippen LogP contribution in [0.25, 0.3) is 21.0 Å². The normalized spacial score (nSPS) is 8.94. The van der Waals surface area contributed by atoms with E-state index in [1.165, 1.54) is 27.5 Å². The molecule has 5 rings (SSSR count). The minimum absolute atomic E-state index is 1.06. The van der Waals surface area contributed by atoms with Gasteiger partial charge >= 0.3 is 0 Å². The Kier molecular flexibility index (Phi) is 14.1. The number of fused-ring (bicyclic) bond motifs is 2. The van der Waals surface area contributed by atoms with Crippen LogP contribution in [0.4, 0.5) is 0 Å². The smallest absolute Gasteiger partial charge is 0.0701 e. The molecule has 0 aliphatic carbocycles. The Hall–Kier alpha value is -2.97. The van der Waals surface area contributed by atoms with E-state index < -0.39 is 0 Å². The molecule has 0 bridgehead atoms. The number of hydrogen-bond donors (Lipinski definition) is 0. The fourth-order valence-corrected chi connectivity index (χ4v) is 3.25. The first-order chi connectivity index (χ1) is 15.2. The Morgan fingerprint density at radius 3 is 1.77 bits per heavy atom. The van der Waals surface area contributed by atoms with E-state index in [2.05, 4.69) is 85.7 Å². The predicted octanol–water partition coefficient (Wildman–Crippen LogP) is 9.57. The maximum absolute atomic E-state index is 4.18. The number of benzene rings is 3. The van der Waals surface area contributed by atoms with E-state index in [-0.39, 0.29) is 0 Å². The van der Waals surface area contributed by atoms with E-state index in [9.17, 15) is 0 Å². The molecule has 3 aromatic carbocycles. The molecule has 0 aliphatic heterocycles. The summed E-state index contributed by atoms with van der Waals surface area (Å²) in [7, 11) is 0. The van der Waals surface area contributed by atoms with Crippen molar-refractivity contribution < 1.29 is 0 Å². The van der Waals surface area contributed by atoms with Crippen LogP contribution in [0.1, 0.15) is 39.7 Å². The van der Waals surface area contributed by atoms with Gasteiger partial charge in [0, 0.05) is 16.3 Å². The maximum atomic E-state index is 4.18. The molecule has 0 radical (unpaired) electrons. The molecule has 0 unspecified atom stereocenters. The van der Waals surface area contributed by atoms with Crippen LogP contribution in [0, 0.1) is 6.92 Å². The monoisotopic (exact) mass is 429 g/mol. The van der Waals surface area contributed by atoms with E-state index in [0.717, 1.165) is 5.52 Å². The molecule has 1 nitrogen and oxygen atoms in total. The predicted molar refractivity (Wildman–Crippen MR) is 142 cm³/mol. The summed E-state index contributed by atoms with van der Waals surface area (Å²) in [5, 5.41) is 4.66. The minimum atomic E-state index is 1.06. The molecule has 0 N–H and O–H groups in total. The van der Waals surface area contributed by atoms with Gasteiger partial charge in [0.2, 0.25) is 0 Å². The van der Waals surface area contributed by atoms with Gasteiger partial charge in [0.05, 0.1) is 5.52 Å². The van der Waals surface area contributed by atoms with Crippen molar-refractivity contribution in [2.45, 2.75) is 41.0 Å². The van der Waals surface area contributed by atoms with Gasteiger partial charge in [-0.2, -0.15) is 0 Å². The van der Waals surface area contributed by atoms with Gasteiger partial charge in [-0.05, 0) is 42.0 Å². The van der Waals surface area contributed by atoms with E-state index in [0.29, 0.717) is 0 Å². The summed E-state index contributed by atoms with van der Waals surface area (Å²) in [4.78, 5) is 4.18. The van der Waals surface area contributed by atoms with Gasteiger partial charge < -0.3 is 0 Å². The van der Waals surface area contributed by atoms with Gasteiger partial charge in [-0.3, -0.25) is 4.98 Å². The molecular weight excluding hydrogens is 394 g/mol. The summed E-state index contributed by atoms with van der Waals surface area (Å²) in [6.07, 6.45) is 3.06. The summed E-state index contributed by atoms with van der Waals surface area (Å²) in [5.41, 5.74) is 2.38. The molecule has 2 aromatic heterocycles. The van der Waals surface area contributed by atoms with Crippen LogP contribution in [0.5, 0.6) is 0 Å². The van der Waals surface area contributed by atoms with Crippen molar-refractivity contribution in [2.24, 2.45) is 0 Å². The first kappa shape index (κ1) is 26.1. The summed E-state index contributed by atoms with van der Waals surface area (Å²) in [6, 6.07) is 32.9. The van der Waals surface area contributed by atoms with Crippen LogP contribution in [0.2, 0.25) is 0 Å². The number of hydrogen-bond acceptors (Lipinski definition) is 2. The van der Waals surface area contributed by atoms with Crippen molar-refractivity contribution in [3.05, 3.63) is 114 Å². The second-order valence-corrected chi connectivity index (χ2v) is 7.46. The maximum Gasteiger partial charge on any atom is 0.0701 e. The first-order valence-electron chi connectivity index (χ1n) is 11.0. The SMILES string of the molecule is CC.CCC.Cc1ccccc1.c1ccc2ncccc2c1.c1ccc2sccc2c1. The fraction of sp³-hybridized carbons (Fsp3) is 0.207. The summed E-state index contributed by atoms with van der Waals surface area (Å²) in [5.74, 6) is 0. The highest BCUT2D eigenvalue weighted by Crippen LogP contribution is 2.18. The Bertz CT molecular complexity index is 972. The number of rotatable bonds is 0. The van der Waals surface area contributed by atoms with Crippen LogP contribution in [-0.4, -0.2) is 4.98 Å². The molecule has 162 valence electrons. The average molecular weight is 430 g/mol. The molecule has 0 fully saturated rings. The van der Waals surface area contributed by atoms with Crippen LogP contribution in [0.3, 0.4) is 0 Å². The Morgan fingerprint density at radius 1 is 0.645 bits per heavy atom. The molecule has 2 heterocycles. The van der Waals surface area contributed by atoms with Gasteiger partial charge in [-0.15, -0.1) is 11.3 Å². The quantitative estimate of drug-likeness (QED) is 0.239. The van der Waals surface area contributed by atoms with Crippen LogP contribution in [0.15, 0.2) is 109 Å². The van der Waals surface area contributed by atoms with Gasteiger partial charge in [0.25, 0.3) is 0 Å². The Morgan fingerprint density at radius 2 is 1.19 bits per heavy atom. The lowest BCUT2D eigenvalue weighted by Crippen LogP contribution is -1.73. The molecular formula is C29H35NS. The van der Waals surface area contributed by atoms with Crippen LogP contribution >= 0.6 is 11.3 Å². The number of thiophene rings is 1. The van der Waals surface area contributed by atoms with Crippen molar-refractivity contribution in [3.8, 4) is 0 Å². The van der Waals surface area contributed by atoms with Crippen LogP contribution in [-0.2, 0) is 0 Å². The third-order valence-electron chi connectivity index (χ3n) is 3.81. The lowest BCUT2D eigenvalue weighted by atomic mass is 10.2. The molecule has 2 heteroatoms. The van der Waals surface area contributed by atoms with E-state index in [1.54, 1.807) is 11.3 Å². The van der Waals surface area contributed by atoms with E-state index in [4.69, 9.17) is 0 Å². The minimum Gasteiger partial charge on any atom is -0.256 e. The zero-order valence-electron chi connectivity index (χ0n) is 19.5. The summed E-state index contributed by atoms with van der Waals surface area (Å²) < 4.78 is 1.37. The third kappa shape index (κ3) is 10.6. The zero-order valence-corrected chi connectivity index (χ0v) is 20.3. The van der Waals surface area contributed by atoms with Crippen molar-refractivity contribution in [2.75, 3.05) is 0 Å². The van der Waals surface area contributed by atoms with Crippen molar-refractivity contribution >= 4 is 32.3 Å². The molecule has 0 atom stereocenters. The largest absolute Gasteiger partial charge is 0.256 e. The zero-order chi connectivity index (χ0) is 22.7. The lowest BCUT2D eigenvalue weighted by molar-refractivity contribution is 1.09. The van der Waals surface area contributed by atoms with Gasteiger partial charge in [-0.1, -0.05) is 112 Å². The fourth-order valence-electron chi connectivity index (χ4n) is 2.46. The van der Waals surface area contributed by atoms with Crippen molar-refractivity contribution in [3.63, 3.8) is 0 Å². The number of para-hydroxylation sites is 1. The number of pyridine rings is 1. The van der Waals surface area contributed by atoms with Gasteiger partial charge in [-0.25, -0.2) is 0 Å². The summed E-state index contributed by atoms with van der Waals surface area (Å²) in [6.45, 7) is 10.3. The first-order valence-corrected chi connectivity index (χ1v) is 11.9. The second-order valence-electron chi connectivity index (χ2n) is 6.52. The van der Waals surface area contributed by atoms with E-state index >= 15 is 0 Å². The topological polar surface area (TPSA) is 12.9 Å². The number of nitrogens with zero attached hydrogens (tertiary/aromatic N) is 1. The highest BCUT2D eigenvalue weighted by Gasteiger charge is 1.88. The van der Waals surface area contributed by atoms with Gasteiger partial charge in [0.15, 0.2) is 0 Å². The molecule has 0 saturated heterocycles. The highest BCUT2D eigenvalue weighted by molar-refractivity contribution is 7.17. The van der Waals surface area contributed by atoms with E-state index in [1.807, 2.05) is 62.5 Å².